The Labute approximate surface area is 226 Å². The third-order valence-corrected chi connectivity index (χ3v) is 12.4. The van der Waals surface area contributed by atoms with Crippen LogP contribution in [0.3, 0.4) is 0 Å². The van der Waals surface area contributed by atoms with E-state index in [1.807, 2.05) is 6.92 Å². The number of ketones is 1. The lowest BCUT2D eigenvalue weighted by Gasteiger charge is -2.49. The second-order valence-corrected chi connectivity index (χ2v) is 16.3. The van der Waals surface area contributed by atoms with Gasteiger partial charge in [-0.05, 0) is 38.4 Å². The maximum atomic E-state index is 13.4. The van der Waals surface area contributed by atoms with E-state index in [-0.39, 0.29) is 43.0 Å². The first-order chi connectivity index (χ1) is 17.6. The van der Waals surface area contributed by atoms with E-state index < -0.39 is 56.2 Å². The van der Waals surface area contributed by atoms with Crippen LogP contribution in [0.15, 0.2) is 25.3 Å². The summed E-state index contributed by atoms with van der Waals surface area (Å²) in [6.07, 6.45) is 1.97. The number of hydrogen-bond donors (Lipinski definition) is 0. The lowest BCUT2D eigenvalue weighted by Crippen LogP contribution is -2.69. The first-order valence-corrected chi connectivity index (χ1v) is 15.9. The normalized spacial score (nSPS) is 24.3. The Balaban J connectivity index is 2.24. The number of ether oxygens (including phenoxy) is 2. The Kier molecular flexibility index (Phi) is 10.2. The number of imide groups is 1. The van der Waals surface area contributed by atoms with Gasteiger partial charge in [0.2, 0.25) is 5.91 Å². The van der Waals surface area contributed by atoms with Crippen molar-refractivity contribution in [2.45, 2.75) is 83.8 Å². The monoisotopic (exact) mass is 550 g/mol. The van der Waals surface area contributed by atoms with Gasteiger partial charge < -0.3 is 18.8 Å². The van der Waals surface area contributed by atoms with Crippen LogP contribution in [0.4, 0.5) is 4.79 Å². The van der Waals surface area contributed by atoms with Crippen molar-refractivity contribution in [2.75, 3.05) is 19.8 Å². The van der Waals surface area contributed by atoms with Gasteiger partial charge >= 0.3 is 18.0 Å². The SMILES string of the molecule is C=CCOC(=O)C(=O)N1C(=O)[C@H]([C@@H](C)O[Si](C)(C)C(C)(C)C)[C@H]1CC(=O)C1C[C@@H](C)N(C(=O)OCC=C)C1. The Hall–Kier alpha value is -2.79. The lowest BCUT2D eigenvalue weighted by molar-refractivity contribution is -0.180. The highest BCUT2D eigenvalue weighted by molar-refractivity contribution is 6.74. The molecule has 0 radical (unpaired) electrons. The number of Topliss-reactive ketones (excluding diaryl/α,β-unsaturated/α-hetero) is 1. The van der Waals surface area contributed by atoms with Crippen molar-refractivity contribution in [3.05, 3.63) is 25.3 Å². The number of esters is 1. The summed E-state index contributed by atoms with van der Waals surface area (Å²) in [7, 11) is -2.28. The third-order valence-electron chi connectivity index (χ3n) is 7.79. The van der Waals surface area contributed by atoms with E-state index in [2.05, 4.69) is 47.0 Å². The Morgan fingerprint density at radius 3 is 2.24 bits per heavy atom. The van der Waals surface area contributed by atoms with Crippen molar-refractivity contribution in [1.82, 2.24) is 9.80 Å². The van der Waals surface area contributed by atoms with Crippen LogP contribution in [0.25, 0.3) is 0 Å². The third kappa shape index (κ3) is 6.79. The van der Waals surface area contributed by atoms with Crippen LogP contribution in [0.1, 0.15) is 47.5 Å². The molecule has 2 heterocycles. The standard InChI is InChI=1S/C27H42N2O8Si/c1-10-12-35-25(33)24(32)29-20(22(23(29)31)18(4)37-38(8,9)27(5,6)7)15-21(30)19-14-17(3)28(16-19)26(34)36-13-11-2/h10-11,17-20,22H,1-2,12-16H2,3-9H3/t17-,18-,19?,20-,22-/m1/s1. The second-order valence-electron chi connectivity index (χ2n) is 11.5. The molecule has 3 amide bonds. The summed E-state index contributed by atoms with van der Waals surface area (Å²) in [5.74, 6) is -4.31. The molecular weight excluding hydrogens is 508 g/mol. The maximum Gasteiger partial charge on any atom is 0.410 e. The van der Waals surface area contributed by atoms with E-state index in [4.69, 9.17) is 13.9 Å². The van der Waals surface area contributed by atoms with E-state index in [9.17, 15) is 24.0 Å². The predicted octanol–water partition coefficient (Wildman–Crippen LogP) is 3.47. The van der Waals surface area contributed by atoms with Crippen LogP contribution in [0, 0.1) is 11.8 Å². The molecule has 0 aliphatic carbocycles. The summed E-state index contributed by atoms with van der Waals surface area (Å²) >= 11 is 0. The highest BCUT2D eigenvalue weighted by Gasteiger charge is 2.57. The lowest BCUT2D eigenvalue weighted by atomic mass is 9.78. The molecule has 2 saturated heterocycles. The Morgan fingerprint density at radius 2 is 1.68 bits per heavy atom. The largest absolute Gasteiger partial charge is 0.454 e. The zero-order chi connectivity index (χ0) is 29.0. The van der Waals surface area contributed by atoms with Crippen LogP contribution >= 0.6 is 0 Å². The molecule has 0 bridgehead atoms. The minimum Gasteiger partial charge on any atom is -0.454 e. The molecule has 11 heteroatoms. The van der Waals surface area contributed by atoms with Gasteiger partial charge in [0.15, 0.2) is 8.32 Å². The van der Waals surface area contributed by atoms with Gasteiger partial charge in [-0.2, -0.15) is 0 Å². The molecule has 2 rings (SSSR count). The number of carbonyl (C=O) groups excluding carboxylic acids is 5. The van der Waals surface area contributed by atoms with Gasteiger partial charge in [0.25, 0.3) is 0 Å². The van der Waals surface area contributed by atoms with Gasteiger partial charge in [0.05, 0.1) is 18.1 Å². The molecule has 2 aliphatic rings. The summed E-state index contributed by atoms with van der Waals surface area (Å²) < 4.78 is 16.4. The van der Waals surface area contributed by atoms with Crippen LogP contribution in [-0.2, 0) is 33.1 Å². The fourth-order valence-electron chi connectivity index (χ4n) is 4.66. The first-order valence-electron chi connectivity index (χ1n) is 13.0. The Bertz CT molecular complexity index is 973. The van der Waals surface area contributed by atoms with Crippen molar-refractivity contribution in [1.29, 1.82) is 0 Å². The number of likely N-dealkylation sites (tertiary alicyclic amines) is 2. The topological polar surface area (TPSA) is 120 Å². The fourth-order valence-corrected chi connectivity index (χ4v) is 6.09. The van der Waals surface area contributed by atoms with Gasteiger partial charge in [0.1, 0.15) is 19.0 Å². The smallest absolute Gasteiger partial charge is 0.410 e. The van der Waals surface area contributed by atoms with E-state index in [0.717, 1.165) is 4.90 Å². The average molecular weight is 551 g/mol. The molecule has 0 aromatic heterocycles. The molecule has 10 nitrogen and oxygen atoms in total. The number of rotatable bonds is 10. The molecule has 0 saturated carbocycles. The molecule has 38 heavy (non-hydrogen) atoms. The van der Waals surface area contributed by atoms with Crippen molar-refractivity contribution < 1.29 is 37.9 Å². The maximum absolute atomic E-state index is 13.4. The minimum absolute atomic E-state index is 0.0671. The summed E-state index contributed by atoms with van der Waals surface area (Å²) in [6.45, 7) is 21.0. The second kappa shape index (κ2) is 12.4. The van der Waals surface area contributed by atoms with Crippen molar-refractivity contribution >= 4 is 38.0 Å². The fraction of sp³-hybridized carbons (Fsp3) is 0.667. The highest BCUT2D eigenvalue weighted by atomic mass is 28.4. The van der Waals surface area contributed by atoms with Gasteiger partial charge in [-0.1, -0.05) is 46.1 Å². The molecule has 2 fully saturated rings. The molecule has 2 aliphatic heterocycles. The van der Waals surface area contributed by atoms with Crippen molar-refractivity contribution in [2.24, 2.45) is 11.8 Å². The highest BCUT2D eigenvalue weighted by Crippen LogP contribution is 2.41. The predicted molar refractivity (Wildman–Crippen MR) is 143 cm³/mol. The molecular formula is C27H42N2O8Si. The summed E-state index contributed by atoms with van der Waals surface area (Å²) in [5.41, 5.74) is 0. The molecule has 0 aromatic rings. The number of carbonyl (C=O) groups is 5. The Morgan fingerprint density at radius 1 is 1.11 bits per heavy atom. The van der Waals surface area contributed by atoms with Crippen LogP contribution in [-0.4, -0.2) is 85.7 Å². The van der Waals surface area contributed by atoms with Gasteiger partial charge in [-0.3, -0.25) is 19.3 Å². The molecule has 212 valence electrons. The summed E-state index contributed by atoms with van der Waals surface area (Å²) in [6, 6.07) is -1.07. The minimum atomic E-state index is -2.28. The number of β-lactam (4-membered cyclic amide) rings is 1. The molecule has 1 unspecified atom stereocenters. The zero-order valence-electron chi connectivity index (χ0n) is 23.7. The number of amides is 3. The van der Waals surface area contributed by atoms with E-state index in [1.165, 1.54) is 17.1 Å². The van der Waals surface area contributed by atoms with Crippen LogP contribution in [0.5, 0.6) is 0 Å². The number of nitrogens with zero attached hydrogens (tertiary/aromatic N) is 2. The summed E-state index contributed by atoms with van der Waals surface area (Å²) in [5, 5.41) is -0.118. The van der Waals surface area contributed by atoms with Gasteiger partial charge in [0, 0.05) is 24.9 Å². The van der Waals surface area contributed by atoms with Crippen LogP contribution < -0.4 is 0 Å². The van der Waals surface area contributed by atoms with Gasteiger partial charge in [-0.25, -0.2) is 9.59 Å². The molecule has 5 atom stereocenters. The molecule has 0 N–H and O–H groups in total. The zero-order valence-corrected chi connectivity index (χ0v) is 24.7. The van der Waals surface area contributed by atoms with E-state index in [0.29, 0.717) is 6.42 Å². The molecule has 0 spiro atoms. The van der Waals surface area contributed by atoms with Gasteiger partial charge in [-0.15, -0.1) is 0 Å². The average Bonchev–Trinajstić information content (AvgIpc) is 3.21. The van der Waals surface area contributed by atoms with E-state index >= 15 is 0 Å². The van der Waals surface area contributed by atoms with Crippen LogP contribution in [0.2, 0.25) is 18.1 Å². The van der Waals surface area contributed by atoms with E-state index in [1.54, 1.807) is 6.92 Å². The summed E-state index contributed by atoms with van der Waals surface area (Å²) in [4.78, 5) is 66.4. The first kappa shape index (κ1) is 31.4. The number of hydrogen-bond acceptors (Lipinski definition) is 8. The molecule has 0 aromatic carbocycles. The van der Waals surface area contributed by atoms with Crippen molar-refractivity contribution in [3.63, 3.8) is 0 Å². The quantitative estimate of drug-likeness (QED) is 0.133. The van der Waals surface area contributed by atoms with Crippen molar-refractivity contribution in [3.8, 4) is 0 Å².